The molecule has 3 nitrogen and oxygen atoms in total. The van der Waals surface area contributed by atoms with Crippen molar-refractivity contribution in [3.8, 4) is 0 Å². The van der Waals surface area contributed by atoms with Crippen LogP contribution >= 0.6 is 0 Å². The van der Waals surface area contributed by atoms with Gasteiger partial charge in [-0.2, -0.15) is 0 Å². The van der Waals surface area contributed by atoms with Gasteiger partial charge < -0.3 is 10.2 Å². The molecule has 1 aliphatic heterocycles. The van der Waals surface area contributed by atoms with Gasteiger partial charge in [0.1, 0.15) is 0 Å². The van der Waals surface area contributed by atoms with Gasteiger partial charge in [-0.15, -0.1) is 0 Å². The van der Waals surface area contributed by atoms with Gasteiger partial charge in [-0.25, -0.2) is 0 Å². The molecular formula is C16H22N2O. The Morgan fingerprint density at radius 3 is 2.84 bits per heavy atom. The average molecular weight is 258 g/mol. The summed E-state index contributed by atoms with van der Waals surface area (Å²) in [6.07, 6.45) is 4.21. The van der Waals surface area contributed by atoms with Gasteiger partial charge in [0.25, 0.3) is 0 Å². The Bertz CT molecular complexity index is 472. The number of nitrogens with one attached hydrogen (secondary N) is 1. The third-order valence-corrected chi connectivity index (χ3v) is 4.45. The number of nitrogens with zero attached hydrogens (tertiary/aromatic N) is 1. The summed E-state index contributed by atoms with van der Waals surface area (Å²) in [6, 6.07) is 9.12. The van der Waals surface area contributed by atoms with Crippen LogP contribution in [-0.2, 0) is 17.6 Å². The molecule has 3 rings (SSSR count). The third-order valence-electron chi connectivity index (χ3n) is 4.45. The molecule has 0 spiro atoms. The van der Waals surface area contributed by atoms with E-state index in [0.29, 0.717) is 11.9 Å². The first kappa shape index (κ1) is 12.7. The summed E-state index contributed by atoms with van der Waals surface area (Å²) in [5, 5.41) is 3.29. The number of hydrogen-bond acceptors (Lipinski definition) is 2. The quantitative estimate of drug-likeness (QED) is 0.896. The van der Waals surface area contributed by atoms with Gasteiger partial charge in [0.05, 0.1) is 6.04 Å². The molecule has 1 saturated heterocycles. The van der Waals surface area contributed by atoms with Crippen LogP contribution in [0.3, 0.4) is 0 Å². The highest BCUT2D eigenvalue weighted by Gasteiger charge is 2.36. The number of carbonyl (C=O) groups excluding carboxylic acids is 1. The zero-order valence-electron chi connectivity index (χ0n) is 11.6. The first-order valence-corrected chi connectivity index (χ1v) is 7.40. The molecule has 1 aromatic carbocycles. The van der Waals surface area contributed by atoms with Crippen LogP contribution in [0, 0.1) is 0 Å². The molecule has 19 heavy (non-hydrogen) atoms. The Balaban J connectivity index is 1.70. The van der Waals surface area contributed by atoms with Crippen molar-refractivity contribution >= 4 is 5.91 Å². The predicted molar refractivity (Wildman–Crippen MR) is 76.0 cm³/mol. The number of carbonyl (C=O) groups is 1. The van der Waals surface area contributed by atoms with Crippen molar-refractivity contribution < 1.29 is 4.79 Å². The van der Waals surface area contributed by atoms with E-state index in [2.05, 4.69) is 41.4 Å². The van der Waals surface area contributed by atoms with E-state index in [1.165, 1.54) is 11.1 Å². The number of aryl methyl sites for hydroxylation is 1. The predicted octanol–water partition coefficient (Wildman–Crippen LogP) is 1.75. The number of likely N-dealkylation sites (tertiary alicyclic amines) is 1. The van der Waals surface area contributed by atoms with Crippen molar-refractivity contribution in [2.75, 3.05) is 13.1 Å². The summed E-state index contributed by atoms with van der Waals surface area (Å²) in [7, 11) is 0. The first-order valence-electron chi connectivity index (χ1n) is 7.40. The Hall–Kier alpha value is -1.35. The Morgan fingerprint density at radius 1 is 1.26 bits per heavy atom. The number of amides is 1. The summed E-state index contributed by atoms with van der Waals surface area (Å²) in [6.45, 7) is 3.86. The summed E-state index contributed by atoms with van der Waals surface area (Å²) in [4.78, 5) is 14.5. The number of fused-ring (bicyclic) bond motifs is 1. The second-order valence-electron chi connectivity index (χ2n) is 5.60. The van der Waals surface area contributed by atoms with Gasteiger partial charge in [-0.1, -0.05) is 31.2 Å². The molecule has 0 saturated carbocycles. The Labute approximate surface area is 115 Å². The summed E-state index contributed by atoms with van der Waals surface area (Å²) < 4.78 is 0. The van der Waals surface area contributed by atoms with Crippen LogP contribution < -0.4 is 5.32 Å². The summed E-state index contributed by atoms with van der Waals surface area (Å²) in [5.74, 6) is 0.311. The molecule has 1 heterocycles. The van der Waals surface area contributed by atoms with Crippen molar-refractivity contribution in [2.45, 2.75) is 44.7 Å². The molecule has 2 aliphatic rings. The van der Waals surface area contributed by atoms with Crippen molar-refractivity contribution in [2.24, 2.45) is 0 Å². The highest BCUT2D eigenvalue weighted by atomic mass is 16.2. The maximum Gasteiger partial charge on any atom is 0.240 e. The van der Waals surface area contributed by atoms with Gasteiger partial charge in [-0.3, -0.25) is 4.79 Å². The Morgan fingerprint density at radius 2 is 2.05 bits per heavy atom. The van der Waals surface area contributed by atoms with E-state index < -0.39 is 0 Å². The van der Waals surface area contributed by atoms with Gasteiger partial charge in [0.15, 0.2) is 0 Å². The zero-order valence-corrected chi connectivity index (χ0v) is 11.6. The molecule has 1 amide bonds. The van der Waals surface area contributed by atoms with E-state index in [4.69, 9.17) is 0 Å². The number of hydrogen-bond donors (Lipinski definition) is 1. The van der Waals surface area contributed by atoms with Crippen LogP contribution in [0.2, 0.25) is 0 Å². The molecule has 0 aromatic heterocycles. The maximum absolute atomic E-state index is 12.4. The second-order valence-corrected chi connectivity index (χ2v) is 5.60. The van der Waals surface area contributed by atoms with E-state index in [9.17, 15) is 4.79 Å². The molecule has 1 fully saturated rings. The summed E-state index contributed by atoms with van der Waals surface area (Å²) in [5.41, 5.74) is 2.90. The van der Waals surface area contributed by atoms with Gasteiger partial charge >= 0.3 is 0 Å². The summed E-state index contributed by atoms with van der Waals surface area (Å²) >= 11 is 0. The van der Waals surface area contributed by atoms with Crippen LogP contribution in [-0.4, -0.2) is 36.0 Å². The van der Waals surface area contributed by atoms with Crippen LogP contribution in [0.25, 0.3) is 0 Å². The van der Waals surface area contributed by atoms with E-state index in [0.717, 1.165) is 38.8 Å². The standard InChI is InChI=1S/C16H22N2O/c1-2-17-15-9-10-18(16(15)19)14-8-7-12-5-3-4-6-13(12)11-14/h3-6,14-15,17H,2,7-11H2,1H3. The van der Waals surface area contributed by atoms with E-state index >= 15 is 0 Å². The SMILES string of the molecule is CCNC1CCN(C2CCc3ccccc3C2)C1=O. The van der Waals surface area contributed by atoms with E-state index in [-0.39, 0.29) is 6.04 Å². The number of rotatable bonds is 3. The van der Waals surface area contributed by atoms with Crippen molar-refractivity contribution in [1.29, 1.82) is 0 Å². The fourth-order valence-corrected chi connectivity index (χ4v) is 3.44. The lowest BCUT2D eigenvalue weighted by Gasteiger charge is -2.32. The fraction of sp³-hybridized carbons (Fsp3) is 0.562. The van der Waals surface area contributed by atoms with Crippen LogP contribution in [0.1, 0.15) is 30.9 Å². The van der Waals surface area contributed by atoms with Gasteiger partial charge in [0.2, 0.25) is 5.91 Å². The van der Waals surface area contributed by atoms with Crippen LogP contribution in [0.15, 0.2) is 24.3 Å². The molecule has 0 bridgehead atoms. The molecule has 0 radical (unpaired) electrons. The fourth-order valence-electron chi connectivity index (χ4n) is 3.44. The zero-order chi connectivity index (χ0) is 13.2. The highest BCUT2D eigenvalue weighted by Crippen LogP contribution is 2.27. The minimum atomic E-state index is 0.0576. The lowest BCUT2D eigenvalue weighted by Crippen LogP contribution is -2.44. The number of benzene rings is 1. The van der Waals surface area contributed by atoms with Gasteiger partial charge in [0, 0.05) is 12.6 Å². The molecule has 2 unspecified atom stereocenters. The largest absolute Gasteiger partial charge is 0.338 e. The van der Waals surface area contributed by atoms with Crippen molar-refractivity contribution in [3.05, 3.63) is 35.4 Å². The second kappa shape index (κ2) is 5.33. The molecule has 1 N–H and O–H groups in total. The monoisotopic (exact) mass is 258 g/mol. The molecule has 2 atom stereocenters. The van der Waals surface area contributed by atoms with E-state index in [1.807, 2.05) is 0 Å². The maximum atomic E-state index is 12.4. The number of likely N-dealkylation sites (N-methyl/N-ethyl adjacent to an activating group) is 1. The lowest BCUT2D eigenvalue weighted by molar-refractivity contribution is -0.131. The molecule has 1 aliphatic carbocycles. The van der Waals surface area contributed by atoms with Crippen LogP contribution in [0.5, 0.6) is 0 Å². The van der Waals surface area contributed by atoms with Crippen molar-refractivity contribution in [3.63, 3.8) is 0 Å². The first-order chi connectivity index (χ1) is 9.29. The molecule has 3 heteroatoms. The smallest absolute Gasteiger partial charge is 0.240 e. The average Bonchev–Trinajstić information content (AvgIpc) is 2.80. The van der Waals surface area contributed by atoms with Crippen LogP contribution in [0.4, 0.5) is 0 Å². The molecular weight excluding hydrogens is 236 g/mol. The minimum Gasteiger partial charge on any atom is -0.338 e. The normalized spacial score (nSPS) is 26.6. The van der Waals surface area contributed by atoms with Gasteiger partial charge in [-0.05, 0) is 43.4 Å². The molecule has 1 aromatic rings. The minimum absolute atomic E-state index is 0.0576. The van der Waals surface area contributed by atoms with Crippen molar-refractivity contribution in [1.82, 2.24) is 10.2 Å². The van der Waals surface area contributed by atoms with E-state index in [1.54, 1.807) is 0 Å². The lowest BCUT2D eigenvalue weighted by atomic mass is 9.87. The molecule has 102 valence electrons. The third kappa shape index (κ3) is 2.39. The highest BCUT2D eigenvalue weighted by molar-refractivity contribution is 5.84. The Kier molecular flexibility index (Phi) is 3.56. The topological polar surface area (TPSA) is 32.3 Å².